The maximum absolute atomic E-state index is 14.0. The Morgan fingerprint density at radius 2 is 1.57 bits per heavy atom. The minimum atomic E-state index is -4.19. The Hall–Kier alpha value is -2.78. The van der Waals surface area contributed by atoms with Crippen LogP contribution in [0.4, 0.5) is 5.69 Å². The van der Waals surface area contributed by atoms with Crippen molar-refractivity contribution in [2.45, 2.75) is 51.1 Å². The summed E-state index contributed by atoms with van der Waals surface area (Å²) in [7, 11) is -4.19. The molecule has 0 bridgehead atoms. The molecule has 0 heterocycles. The van der Waals surface area contributed by atoms with E-state index in [0.717, 1.165) is 22.7 Å². The summed E-state index contributed by atoms with van der Waals surface area (Å²) >= 11 is 19.2. The summed E-state index contributed by atoms with van der Waals surface area (Å²) in [6.45, 7) is 5.14. The van der Waals surface area contributed by atoms with Gasteiger partial charge < -0.3 is 10.2 Å². The number of carbonyl (C=O) groups is 2. The summed E-state index contributed by atoms with van der Waals surface area (Å²) in [6.07, 6.45) is 1.66. The van der Waals surface area contributed by atoms with Crippen molar-refractivity contribution in [1.29, 1.82) is 0 Å². The molecule has 40 heavy (non-hydrogen) atoms. The molecule has 3 aromatic carbocycles. The van der Waals surface area contributed by atoms with Crippen LogP contribution in [0.3, 0.4) is 0 Å². The number of sulfonamides is 1. The number of carbonyl (C=O) groups excluding carboxylic acids is 2. The van der Waals surface area contributed by atoms with Gasteiger partial charge in [0.05, 0.1) is 10.6 Å². The lowest BCUT2D eigenvalue weighted by Crippen LogP contribution is -2.51. The van der Waals surface area contributed by atoms with E-state index >= 15 is 0 Å². The fourth-order valence-corrected chi connectivity index (χ4v) is 6.08. The third kappa shape index (κ3) is 7.69. The molecular formula is C29H32Cl3N3O4S. The first kappa shape index (κ1) is 31.7. The lowest BCUT2D eigenvalue weighted by Gasteiger charge is -2.32. The molecule has 0 aliphatic heterocycles. The van der Waals surface area contributed by atoms with Crippen molar-refractivity contribution in [2.24, 2.45) is 0 Å². The van der Waals surface area contributed by atoms with Gasteiger partial charge in [0.1, 0.15) is 12.6 Å². The van der Waals surface area contributed by atoms with Gasteiger partial charge in [-0.1, -0.05) is 78.5 Å². The van der Waals surface area contributed by atoms with E-state index in [1.807, 2.05) is 6.92 Å². The van der Waals surface area contributed by atoms with Crippen LogP contribution in [0, 0.1) is 6.92 Å². The van der Waals surface area contributed by atoms with Gasteiger partial charge in [0, 0.05) is 33.7 Å². The second-order valence-corrected chi connectivity index (χ2v) is 12.4. The zero-order valence-corrected chi connectivity index (χ0v) is 25.6. The van der Waals surface area contributed by atoms with Crippen molar-refractivity contribution in [3.8, 4) is 0 Å². The quantitative estimate of drug-likeness (QED) is 0.234. The molecule has 0 saturated heterocycles. The molecule has 0 spiro atoms. The first-order valence-electron chi connectivity index (χ1n) is 12.8. The van der Waals surface area contributed by atoms with Gasteiger partial charge in [0.2, 0.25) is 11.8 Å². The number of aryl methyl sites for hydroxylation is 1. The van der Waals surface area contributed by atoms with E-state index in [4.69, 9.17) is 34.8 Å². The molecule has 0 aliphatic carbocycles. The van der Waals surface area contributed by atoms with Crippen LogP contribution in [0.25, 0.3) is 0 Å². The second kappa shape index (κ2) is 14.2. The molecule has 1 unspecified atom stereocenters. The van der Waals surface area contributed by atoms with Crippen LogP contribution in [0.15, 0.2) is 71.6 Å². The van der Waals surface area contributed by atoms with Gasteiger partial charge in [-0.15, -0.1) is 0 Å². The Morgan fingerprint density at radius 1 is 0.925 bits per heavy atom. The molecule has 0 saturated carbocycles. The number of unbranched alkanes of at least 4 members (excludes halogenated alkanes) is 1. The number of nitrogens with zero attached hydrogens (tertiary/aromatic N) is 2. The van der Waals surface area contributed by atoms with Crippen LogP contribution in [0.1, 0.15) is 37.8 Å². The molecule has 2 amide bonds. The molecule has 214 valence electrons. The second-order valence-electron chi connectivity index (χ2n) is 9.30. The van der Waals surface area contributed by atoms with Gasteiger partial charge in [0.15, 0.2) is 0 Å². The summed E-state index contributed by atoms with van der Waals surface area (Å²) in [6, 6.07) is 16.6. The molecule has 0 fully saturated rings. The molecule has 1 N–H and O–H groups in total. The SMILES string of the molecule is CCCCNC(=O)C(C)N(Cc1c(Cl)cccc1Cl)C(=O)CN(c1ccc(C)c(Cl)c1)S(=O)(=O)c1ccccc1. The van der Waals surface area contributed by atoms with Gasteiger partial charge in [-0.3, -0.25) is 13.9 Å². The zero-order chi connectivity index (χ0) is 29.4. The fraction of sp³-hybridized carbons (Fsp3) is 0.310. The minimum Gasteiger partial charge on any atom is -0.354 e. The average Bonchev–Trinajstić information content (AvgIpc) is 2.93. The zero-order valence-electron chi connectivity index (χ0n) is 22.5. The lowest BCUT2D eigenvalue weighted by molar-refractivity contribution is -0.139. The molecule has 3 aromatic rings. The molecule has 11 heteroatoms. The van der Waals surface area contributed by atoms with E-state index in [2.05, 4.69) is 5.32 Å². The van der Waals surface area contributed by atoms with E-state index in [0.29, 0.717) is 27.2 Å². The van der Waals surface area contributed by atoms with E-state index < -0.39 is 28.5 Å². The largest absolute Gasteiger partial charge is 0.354 e. The summed E-state index contributed by atoms with van der Waals surface area (Å²) in [5, 5.41) is 3.83. The van der Waals surface area contributed by atoms with Crippen LogP contribution >= 0.6 is 34.8 Å². The number of hydrogen-bond donors (Lipinski definition) is 1. The molecule has 0 aliphatic rings. The highest BCUT2D eigenvalue weighted by molar-refractivity contribution is 7.92. The predicted molar refractivity (Wildman–Crippen MR) is 162 cm³/mol. The van der Waals surface area contributed by atoms with Crippen molar-refractivity contribution < 1.29 is 18.0 Å². The Morgan fingerprint density at radius 3 is 2.17 bits per heavy atom. The highest BCUT2D eigenvalue weighted by Gasteiger charge is 2.33. The molecule has 0 aromatic heterocycles. The van der Waals surface area contributed by atoms with E-state index in [-0.39, 0.29) is 23.0 Å². The number of amides is 2. The molecule has 7 nitrogen and oxygen atoms in total. The van der Waals surface area contributed by atoms with Crippen LogP contribution < -0.4 is 9.62 Å². The van der Waals surface area contributed by atoms with Crippen LogP contribution in [-0.2, 0) is 26.2 Å². The van der Waals surface area contributed by atoms with Crippen molar-refractivity contribution >= 4 is 62.3 Å². The molecule has 1 atom stereocenters. The Kier molecular flexibility index (Phi) is 11.3. The Bertz CT molecular complexity index is 1430. The first-order chi connectivity index (χ1) is 19.0. The topological polar surface area (TPSA) is 86.8 Å². The van der Waals surface area contributed by atoms with Crippen LogP contribution in [0.2, 0.25) is 15.1 Å². The van der Waals surface area contributed by atoms with Gasteiger partial charge in [-0.2, -0.15) is 0 Å². The van der Waals surface area contributed by atoms with Crippen molar-refractivity contribution in [3.63, 3.8) is 0 Å². The van der Waals surface area contributed by atoms with Gasteiger partial charge >= 0.3 is 0 Å². The monoisotopic (exact) mass is 623 g/mol. The van der Waals surface area contributed by atoms with Crippen molar-refractivity contribution in [3.05, 3.63) is 92.9 Å². The van der Waals surface area contributed by atoms with E-state index in [1.54, 1.807) is 62.4 Å². The predicted octanol–water partition coefficient (Wildman–Crippen LogP) is 6.48. The first-order valence-corrected chi connectivity index (χ1v) is 15.4. The molecule has 0 radical (unpaired) electrons. The van der Waals surface area contributed by atoms with Crippen molar-refractivity contribution in [2.75, 3.05) is 17.4 Å². The Labute approximate surface area is 251 Å². The van der Waals surface area contributed by atoms with Crippen LogP contribution in [0.5, 0.6) is 0 Å². The summed E-state index contributed by atoms with van der Waals surface area (Å²) in [5.74, 6) is -0.994. The Balaban J connectivity index is 2.05. The highest BCUT2D eigenvalue weighted by atomic mass is 35.5. The maximum Gasteiger partial charge on any atom is 0.264 e. The summed E-state index contributed by atoms with van der Waals surface area (Å²) in [5.41, 5.74) is 1.41. The maximum atomic E-state index is 14.0. The summed E-state index contributed by atoms with van der Waals surface area (Å²) < 4.78 is 28.6. The third-order valence-electron chi connectivity index (χ3n) is 6.44. The number of halogens is 3. The number of nitrogens with one attached hydrogen (secondary N) is 1. The molecular weight excluding hydrogens is 593 g/mol. The van der Waals surface area contributed by atoms with E-state index in [1.165, 1.54) is 23.1 Å². The van der Waals surface area contributed by atoms with Gasteiger partial charge in [0.25, 0.3) is 10.0 Å². The molecule has 3 rings (SSSR count). The van der Waals surface area contributed by atoms with Gasteiger partial charge in [-0.25, -0.2) is 8.42 Å². The number of rotatable bonds is 12. The highest BCUT2D eigenvalue weighted by Crippen LogP contribution is 2.30. The summed E-state index contributed by atoms with van der Waals surface area (Å²) in [4.78, 5) is 28.3. The smallest absolute Gasteiger partial charge is 0.264 e. The number of benzene rings is 3. The normalized spacial score (nSPS) is 12.1. The number of anilines is 1. The average molecular weight is 625 g/mol. The lowest BCUT2D eigenvalue weighted by atomic mass is 10.1. The fourth-order valence-electron chi connectivity index (χ4n) is 3.96. The number of hydrogen-bond acceptors (Lipinski definition) is 4. The van der Waals surface area contributed by atoms with Gasteiger partial charge in [-0.05, 0) is 62.2 Å². The standard InChI is InChI=1S/C29H32Cl3N3O4S/c1-4-5-16-33-29(37)21(3)34(18-24-25(30)12-9-13-26(24)31)28(36)19-35(22-15-14-20(2)27(32)17-22)40(38,39)23-10-7-6-8-11-23/h6-15,17,21H,4-5,16,18-19H2,1-3H3,(H,33,37). The third-order valence-corrected chi connectivity index (χ3v) is 9.34. The van der Waals surface area contributed by atoms with E-state index in [9.17, 15) is 18.0 Å². The van der Waals surface area contributed by atoms with Crippen molar-refractivity contribution in [1.82, 2.24) is 10.2 Å². The minimum absolute atomic E-state index is 0.00514. The van der Waals surface area contributed by atoms with Crippen LogP contribution in [-0.4, -0.2) is 44.3 Å².